The number of hydrogen-bond donors (Lipinski definition) is 0. The van der Waals surface area contributed by atoms with Crippen LogP contribution in [0.25, 0.3) is 11.3 Å². The molecule has 1 aromatic heterocycles. The SMILES string of the molecule is O=C(Cc1nc(-c2ccc(S(=O)(=O)N3CCCCCC3)cc2)cs1)c1ccccc1. The van der Waals surface area contributed by atoms with Crippen LogP contribution in [-0.2, 0) is 16.4 Å². The van der Waals surface area contributed by atoms with Crippen molar-refractivity contribution in [3.63, 3.8) is 0 Å². The van der Waals surface area contributed by atoms with Gasteiger partial charge in [-0.25, -0.2) is 13.4 Å². The van der Waals surface area contributed by atoms with E-state index in [4.69, 9.17) is 0 Å². The van der Waals surface area contributed by atoms with Gasteiger partial charge in [-0.05, 0) is 25.0 Å². The molecule has 3 aromatic rings. The van der Waals surface area contributed by atoms with E-state index in [9.17, 15) is 13.2 Å². The second-order valence-electron chi connectivity index (χ2n) is 7.44. The van der Waals surface area contributed by atoms with Crippen molar-refractivity contribution in [1.29, 1.82) is 0 Å². The first-order valence-corrected chi connectivity index (χ1v) is 12.5. The van der Waals surface area contributed by atoms with E-state index in [2.05, 4.69) is 4.98 Å². The van der Waals surface area contributed by atoms with Crippen molar-refractivity contribution in [3.8, 4) is 11.3 Å². The molecule has 0 amide bonds. The highest BCUT2D eigenvalue weighted by molar-refractivity contribution is 7.89. The minimum Gasteiger partial charge on any atom is -0.294 e. The summed E-state index contributed by atoms with van der Waals surface area (Å²) in [6.07, 6.45) is 4.27. The molecule has 7 heteroatoms. The van der Waals surface area contributed by atoms with Crippen LogP contribution >= 0.6 is 11.3 Å². The van der Waals surface area contributed by atoms with Crippen molar-refractivity contribution >= 4 is 27.1 Å². The van der Waals surface area contributed by atoms with E-state index in [1.165, 1.54) is 11.3 Å². The molecule has 0 atom stereocenters. The summed E-state index contributed by atoms with van der Waals surface area (Å²) in [5.41, 5.74) is 2.28. The first kappa shape index (κ1) is 20.9. The molecule has 1 fully saturated rings. The fraction of sp³-hybridized carbons (Fsp3) is 0.304. The van der Waals surface area contributed by atoms with Gasteiger partial charge in [-0.15, -0.1) is 11.3 Å². The number of sulfonamides is 1. The fourth-order valence-corrected chi connectivity index (χ4v) is 5.94. The van der Waals surface area contributed by atoms with E-state index in [-0.39, 0.29) is 12.2 Å². The Morgan fingerprint density at radius 3 is 2.27 bits per heavy atom. The summed E-state index contributed by atoms with van der Waals surface area (Å²) < 4.78 is 27.4. The molecule has 4 rings (SSSR count). The summed E-state index contributed by atoms with van der Waals surface area (Å²) in [7, 11) is -3.45. The Labute approximate surface area is 181 Å². The predicted molar refractivity (Wildman–Crippen MR) is 119 cm³/mol. The third-order valence-corrected chi connectivity index (χ3v) is 8.07. The van der Waals surface area contributed by atoms with Crippen LogP contribution in [0.2, 0.25) is 0 Å². The molecule has 0 saturated carbocycles. The molecule has 0 aliphatic carbocycles. The zero-order valence-electron chi connectivity index (χ0n) is 16.7. The van der Waals surface area contributed by atoms with Gasteiger partial charge in [0, 0.05) is 29.6 Å². The molecule has 1 saturated heterocycles. The average Bonchev–Trinajstić information content (AvgIpc) is 3.05. The molecule has 0 N–H and O–H groups in total. The first-order chi connectivity index (χ1) is 14.5. The molecule has 2 aromatic carbocycles. The molecule has 2 heterocycles. The van der Waals surface area contributed by atoms with E-state index in [0.717, 1.165) is 41.9 Å². The van der Waals surface area contributed by atoms with Crippen LogP contribution in [0.5, 0.6) is 0 Å². The lowest BCUT2D eigenvalue weighted by Crippen LogP contribution is -2.31. The van der Waals surface area contributed by atoms with Gasteiger partial charge in [-0.2, -0.15) is 4.31 Å². The van der Waals surface area contributed by atoms with Gasteiger partial charge in [0.25, 0.3) is 0 Å². The van der Waals surface area contributed by atoms with Crippen LogP contribution in [0.4, 0.5) is 0 Å². The maximum Gasteiger partial charge on any atom is 0.243 e. The number of Topliss-reactive ketones (excluding diaryl/α,β-unsaturated/α-hetero) is 1. The van der Waals surface area contributed by atoms with Crippen LogP contribution < -0.4 is 0 Å². The number of carbonyl (C=O) groups is 1. The second-order valence-corrected chi connectivity index (χ2v) is 10.3. The largest absolute Gasteiger partial charge is 0.294 e. The fourth-order valence-electron chi connectivity index (χ4n) is 3.62. The van der Waals surface area contributed by atoms with Crippen LogP contribution in [0.3, 0.4) is 0 Å². The van der Waals surface area contributed by atoms with Gasteiger partial charge < -0.3 is 0 Å². The topological polar surface area (TPSA) is 67.3 Å². The smallest absolute Gasteiger partial charge is 0.243 e. The summed E-state index contributed by atoms with van der Waals surface area (Å²) in [4.78, 5) is 17.3. The van der Waals surface area contributed by atoms with Crippen molar-refractivity contribution in [3.05, 3.63) is 70.5 Å². The lowest BCUT2D eigenvalue weighted by atomic mass is 10.1. The molecular weight excluding hydrogens is 416 g/mol. The number of ketones is 1. The standard InChI is InChI=1S/C23H24N2O3S2/c26-22(19-8-4-3-5-9-19)16-23-24-21(17-29-23)18-10-12-20(13-11-18)30(27,28)25-14-6-1-2-7-15-25/h3-5,8-13,17H,1-2,6-7,14-16H2. The maximum atomic E-state index is 12.9. The highest BCUT2D eigenvalue weighted by Crippen LogP contribution is 2.26. The third kappa shape index (κ3) is 4.69. The number of rotatable bonds is 6. The normalized spacial score (nSPS) is 15.6. The van der Waals surface area contributed by atoms with Gasteiger partial charge in [0.1, 0.15) is 5.01 Å². The van der Waals surface area contributed by atoms with E-state index in [1.807, 2.05) is 23.6 Å². The number of thiazole rings is 1. The molecular formula is C23H24N2O3S2. The highest BCUT2D eigenvalue weighted by Gasteiger charge is 2.25. The van der Waals surface area contributed by atoms with Crippen molar-refractivity contribution in [2.75, 3.05) is 13.1 Å². The lowest BCUT2D eigenvalue weighted by Gasteiger charge is -2.19. The Balaban J connectivity index is 1.47. The summed E-state index contributed by atoms with van der Waals surface area (Å²) in [6, 6.07) is 16.1. The lowest BCUT2D eigenvalue weighted by molar-refractivity contribution is 0.0993. The Bertz CT molecular complexity index is 1100. The van der Waals surface area contributed by atoms with Crippen molar-refractivity contribution in [1.82, 2.24) is 9.29 Å². The number of aromatic nitrogens is 1. The van der Waals surface area contributed by atoms with Crippen molar-refractivity contribution in [2.24, 2.45) is 0 Å². The third-order valence-electron chi connectivity index (χ3n) is 5.31. The van der Waals surface area contributed by atoms with Crippen LogP contribution in [0.15, 0.2) is 64.9 Å². The van der Waals surface area contributed by atoms with Crippen LogP contribution in [0.1, 0.15) is 41.0 Å². The number of hydrogen-bond acceptors (Lipinski definition) is 5. The number of nitrogens with zero attached hydrogens (tertiary/aromatic N) is 2. The molecule has 0 spiro atoms. The molecule has 1 aliphatic heterocycles. The van der Waals surface area contributed by atoms with Crippen LogP contribution in [0, 0.1) is 0 Å². The summed E-state index contributed by atoms with van der Waals surface area (Å²) in [5.74, 6) is 0.0374. The van der Waals surface area contributed by atoms with E-state index in [0.29, 0.717) is 23.5 Å². The van der Waals surface area contributed by atoms with Crippen molar-refractivity contribution < 1.29 is 13.2 Å². The Morgan fingerprint density at radius 1 is 0.933 bits per heavy atom. The van der Waals surface area contributed by atoms with Gasteiger partial charge in [-0.1, -0.05) is 55.3 Å². The maximum absolute atomic E-state index is 12.9. The average molecular weight is 441 g/mol. The van der Waals surface area contributed by atoms with Gasteiger partial charge in [-0.3, -0.25) is 4.79 Å². The highest BCUT2D eigenvalue weighted by atomic mass is 32.2. The number of carbonyl (C=O) groups excluding carboxylic acids is 1. The van der Waals surface area contributed by atoms with Gasteiger partial charge in [0.05, 0.1) is 17.0 Å². The van der Waals surface area contributed by atoms with E-state index >= 15 is 0 Å². The van der Waals surface area contributed by atoms with Crippen molar-refractivity contribution in [2.45, 2.75) is 37.0 Å². The van der Waals surface area contributed by atoms with Gasteiger partial charge >= 0.3 is 0 Å². The monoisotopic (exact) mass is 440 g/mol. The minimum atomic E-state index is -3.45. The second kappa shape index (κ2) is 9.20. The molecule has 5 nitrogen and oxygen atoms in total. The summed E-state index contributed by atoms with van der Waals surface area (Å²) >= 11 is 1.44. The first-order valence-electron chi connectivity index (χ1n) is 10.2. The molecule has 0 unspecified atom stereocenters. The molecule has 30 heavy (non-hydrogen) atoms. The Kier molecular flexibility index (Phi) is 6.41. The molecule has 0 bridgehead atoms. The molecule has 156 valence electrons. The van der Waals surface area contributed by atoms with Gasteiger partial charge in [0.15, 0.2) is 5.78 Å². The number of benzene rings is 2. The molecule has 0 radical (unpaired) electrons. The summed E-state index contributed by atoms with van der Waals surface area (Å²) in [5, 5.41) is 2.66. The zero-order chi connectivity index (χ0) is 21.0. The summed E-state index contributed by atoms with van der Waals surface area (Å²) in [6.45, 7) is 1.18. The van der Waals surface area contributed by atoms with Crippen LogP contribution in [-0.4, -0.2) is 36.6 Å². The van der Waals surface area contributed by atoms with E-state index < -0.39 is 10.0 Å². The van der Waals surface area contributed by atoms with E-state index in [1.54, 1.807) is 40.7 Å². The Hall–Kier alpha value is -2.35. The minimum absolute atomic E-state index is 0.0374. The van der Waals surface area contributed by atoms with Gasteiger partial charge in [0.2, 0.25) is 10.0 Å². The quantitative estimate of drug-likeness (QED) is 0.517. The Morgan fingerprint density at radius 2 is 1.60 bits per heavy atom. The zero-order valence-corrected chi connectivity index (χ0v) is 18.3. The predicted octanol–water partition coefficient (Wildman–Crippen LogP) is 4.80. The molecule has 1 aliphatic rings.